The van der Waals surface area contributed by atoms with E-state index in [1.807, 2.05) is 12.4 Å². The Hall–Kier alpha value is -0.890. The normalized spacial score (nSPS) is 29.0. The number of hydrogen-bond acceptors (Lipinski definition) is 2. The first-order chi connectivity index (χ1) is 6.92. The predicted molar refractivity (Wildman–Crippen MR) is 56.1 cm³/mol. The number of nitrogens with zero attached hydrogens (tertiary/aromatic N) is 1. The molecule has 1 N–H and O–H groups in total. The van der Waals surface area contributed by atoms with E-state index in [-0.39, 0.29) is 0 Å². The van der Waals surface area contributed by atoms with E-state index >= 15 is 0 Å². The van der Waals surface area contributed by atoms with Crippen molar-refractivity contribution in [1.29, 1.82) is 0 Å². The summed E-state index contributed by atoms with van der Waals surface area (Å²) in [5, 5.41) is 3.47. The fourth-order valence-electron chi connectivity index (χ4n) is 2.88. The Morgan fingerprint density at radius 1 is 1.29 bits per heavy atom. The first-order valence-corrected chi connectivity index (χ1v) is 5.53. The summed E-state index contributed by atoms with van der Waals surface area (Å²) in [5.41, 5.74) is 2.04. The van der Waals surface area contributed by atoms with E-state index in [4.69, 9.17) is 0 Å². The number of nitrogens with one attached hydrogen (secondary N) is 1. The molecule has 3 rings (SSSR count). The van der Waals surface area contributed by atoms with Gasteiger partial charge in [0.1, 0.15) is 0 Å². The van der Waals surface area contributed by atoms with Gasteiger partial charge in [-0.1, -0.05) is 0 Å². The van der Waals surface area contributed by atoms with Crippen molar-refractivity contribution in [2.24, 2.45) is 5.92 Å². The smallest absolute Gasteiger partial charge is 0.0270 e. The second-order valence-corrected chi connectivity index (χ2v) is 4.58. The fourth-order valence-corrected chi connectivity index (χ4v) is 2.88. The molecule has 1 saturated carbocycles. The van der Waals surface area contributed by atoms with Crippen molar-refractivity contribution >= 4 is 0 Å². The number of rotatable bonds is 2. The van der Waals surface area contributed by atoms with Crippen molar-refractivity contribution in [3.8, 4) is 0 Å². The Balaban J connectivity index is 1.89. The summed E-state index contributed by atoms with van der Waals surface area (Å²) >= 11 is 0. The summed E-state index contributed by atoms with van der Waals surface area (Å²) in [5.74, 6) is 0.866. The monoisotopic (exact) mass is 188 g/mol. The van der Waals surface area contributed by atoms with Crippen molar-refractivity contribution in [1.82, 2.24) is 10.3 Å². The first-order valence-electron chi connectivity index (χ1n) is 5.53. The number of hydrogen-bond donors (Lipinski definition) is 1. The second kappa shape index (κ2) is 3.06. The van der Waals surface area contributed by atoms with Gasteiger partial charge in [-0.25, -0.2) is 0 Å². The van der Waals surface area contributed by atoms with E-state index in [1.54, 1.807) is 0 Å². The third kappa shape index (κ3) is 1.17. The maximum atomic E-state index is 4.10. The molecule has 1 aliphatic heterocycles. The maximum Gasteiger partial charge on any atom is 0.0270 e. The molecule has 0 radical (unpaired) electrons. The highest BCUT2D eigenvalue weighted by molar-refractivity contribution is 5.31. The largest absolute Gasteiger partial charge is 0.316 e. The Labute approximate surface area is 84.7 Å². The van der Waals surface area contributed by atoms with Gasteiger partial charge in [-0.2, -0.15) is 0 Å². The zero-order valence-corrected chi connectivity index (χ0v) is 8.37. The molecule has 2 aliphatic rings. The molecule has 1 atom stereocenters. The summed E-state index contributed by atoms with van der Waals surface area (Å²) in [6, 6.07) is 4.40. The minimum absolute atomic E-state index is 0.520. The standard InChI is InChI=1S/C12H16N2/c1-6-13-7-2-10(1)12(4-5-12)11-3-8-14-9-11/h1-2,6-7,11,14H,3-5,8-9H2. The SMILES string of the molecule is c1cc(C2(C3CCNC3)CC2)ccn1. The highest BCUT2D eigenvalue weighted by Crippen LogP contribution is 2.55. The second-order valence-electron chi connectivity index (χ2n) is 4.58. The van der Waals surface area contributed by atoms with Gasteiger partial charge in [-0.05, 0) is 61.4 Å². The van der Waals surface area contributed by atoms with E-state index in [0.29, 0.717) is 5.41 Å². The molecule has 2 nitrogen and oxygen atoms in total. The zero-order valence-electron chi connectivity index (χ0n) is 8.37. The van der Waals surface area contributed by atoms with Crippen LogP contribution in [-0.2, 0) is 5.41 Å². The Kier molecular flexibility index (Phi) is 1.84. The van der Waals surface area contributed by atoms with Crippen LogP contribution in [0.15, 0.2) is 24.5 Å². The Morgan fingerprint density at radius 2 is 2.07 bits per heavy atom. The molecule has 2 fully saturated rings. The molecule has 1 saturated heterocycles. The van der Waals surface area contributed by atoms with Gasteiger partial charge >= 0.3 is 0 Å². The molecular weight excluding hydrogens is 172 g/mol. The van der Waals surface area contributed by atoms with Crippen molar-refractivity contribution < 1.29 is 0 Å². The van der Waals surface area contributed by atoms with Crippen molar-refractivity contribution in [3.63, 3.8) is 0 Å². The lowest BCUT2D eigenvalue weighted by atomic mass is 9.82. The highest BCUT2D eigenvalue weighted by Gasteiger charge is 2.50. The summed E-state index contributed by atoms with van der Waals surface area (Å²) in [7, 11) is 0. The average Bonchev–Trinajstić information content (AvgIpc) is 2.88. The van der Waals surface area contributed by atoms with Crippen LogP contribution in [0.2, 0.25) is 0 Å². The fraction of sp³-hybridized carbons (Fsp3) is 0.583. The topological polar surface area (TPSA) is 24.9 Å². The summed E-state index contributed by atoms with van der Waals surface area (Å²) in [6.07, 6.45) is 7.96. The van der Waals surface area contributed by atoms with E-state index in [0.717, 1.165) is 5.92 Å². The Morgan fingerprint density at radius 3 is 2.64 bits per heavy atom. The number of pyridine rings is 1. The van der Waals surface area contributed by atoms with E-state index < -0.39 is 0 Å². The van der Waals surface area contributed by atoms with Crippen LogP contribution in [0, 0.1) is 5.92 Å². The lowest BCUT2D eigenvalue weighted by Crippen LogP contribution is -2.22. The lowest BCUT2D eigenvalue weighted by Gasteiger charge is -2.22. The molecular formula is C12H16N2. The zero-order chi connectivity index (χ0) is 9.43. The van der Waals surface area contributed by atoms with Crippen LogP contribution in [0.5, 0.6) is 0 Å². The molecule has 2 heterocycles. The van der Waals surface area contributed by atoms with Crippen LogP contribution in [0.25, 0.3) is 0 Å². The van der Waals surface area contributed by atoms with Gasteiger partial charge in [0.2, 0.25) is 0 Å². The molecule has 0 aromatic carbocycles. The molecule has 1 aromatic heterocycles. The van der Waals surface area contributed by atoms with Gasteiger partial charge in [0, 0.05) is 12.4 Å². The molecule has 0 bridgehead atoms. The average molecular weight is 188 g/mol. The van der Waals surface area contributed by atoms with Gasteiger partial charge in [0.05, 0.1) is 0 Å². The summed E-state index contributed by atoms with van der Waals surface area (Å²) in [4.78, 5) is 4.10. The van der Waals surface area contributed by atoms with Crippen LogP contribution >= 0.6 is 0 Å². The predicted octanol–water partition coefficient (Wildman–Crippen LogP) is 1.72. The van der Waals surface area contributed by atoms with Crippen molar-refractivity contribution in [3.05, 3.63) is 30.1 Å². The summed E-state index contributed by atoms with van der Waals surface area (Å²) in [6.45, 7) is 2.42. The minimum atomic E-state index is 0.520. The molecule has 0 spiro atoms. The van der Waals surface area contributed by atoms with E-state index in [1.165, 1.54) is 37.9 Å². The van der Waals surface area contributed by atoms with Gasteiger partial charge in [-0.15, -0.1) is 0 Å². The molecule has 2 heteroatoms. The maximum absolute atomic E-state index is 4.10. The van der Waals surface area contributed by atoms with Crippen LogP contribution in [-0.4, -0.2) is 18.1 Å². The van der Waals surface area contributed by atoms with Crippen LogP contribution in [0.4, 0.5) is 0 Å². The quantitative estimate of drug-likeness (QED) is 0.764. The van der Waals surface area contributed by atoms with E-state index in [2.05, 4.69) is 22.4 Å². The summed E-state index contributed by atoms with van der Waals surface area (Å²) < 4.78 is 0. The molecule has 74 valence electrons. The van der Waals surface area contributed by atoms with Gasteiger partial charge in [-0.3, -0.25) is 4.98 Å². The Bertz CT molecular complexity index is 310. The lowest BCUT2D eigenvalue weighted by molar-refractivity contribution is 0.439. The van der Waals surface area contributed by atoms with E-state index in [9.17, 15) is 0 Å². The molecule has 1 aliphatic carbocycles. The van der Waals surface area contributed by atoms with Crippen LogP contribution < -0.4 is 5.32 Å². The number of aromatic nitrogens is 1. The van der Waals surface area contributed by atoms with Crippen molar-refractivity contribution in [2.75, 3.05) is 13.1 Å². The third-order valence-corrected chi connectivity index (χ3v) is 3.89. The molecule has 0 amide bonds. The van der Waals surface area contributed by atoms with Gasteiger partial charge in [0.15, 0.2) is 0 Å². The van der Waals surface area contributed by atoms with Crippen molar-refractivity contribution in [2.45, 2.75) is 24.7 Å². The highest BCUT2D eigenvalue weighted by atomic mass is 14.9. The third-order valence-electron chi connectivity index (χ3n) is 3.89. The molecule has 1 unspecified atom stereocenters. The molecule has 14 heavy (non-hydrogen) atoms. The minimum Gasteiger partial charge on any atom is -0.316 e. The van der Waals surface area contributed by atoms with Crippen LogP contribution in [0.1, 0.15) is 24.8 Å². The van der Waals surface area contributed by atoms with Gasteiger partial charge < -0.3 is 5.32 Å². The molecule has 1 aromatic rings. The first kappa shape index (κ1) is 8.42. The van der Waals surface area contributed by atoms with Gasteiger partial charge in [0.25, 0.3) is 0 Å². The van der Waals surface area contributed by atoms with Crippen LogP contribution in [0.3, 0.4) is 0 Å².